The molecule has 1 aliphatic carbocycles. The Morgan fingerprint density at radius 3 is 2.53 bits per heavy atom. The molecule has 1 fully saturated rings. The second kappa shape index (κ2) is 3.97. The zero-order chi connectivity index (χ0) is 10.9. The molecular weight excluding hydrogens is 188 g/mol. The first-order valence-corrected chi connectivity index (χ1v) is 5.83. The van der Waals surface area contributed by atoms with Gasteiger partial charge < -0.3 is 10.3 Å². The van der Waals surface area contributed by atoms with Gasteiger partial charge in [-0.25, -0.2) is 0 Å². The summed E-state index contributed by atoms with van der Waals surface area (Å²) in [7, 11) is 0. The third-order valence-electron chi connectivity index (χ3n) is 3.19. The van der Waals surface area contributed by atoms with Crippen molar-refractivity contribution in [3.05, 3.63) is 17.5 Å². The van der Waals surface area contributed by atoms with Crippen molar-refractivity contribution in [2.24, 2.45) is 5.73 Å². The molecule has 1 aromatic heterocycles. The van der Waals surface area contributed by atoms with Crippen LogP contribution in [0.15, 0.2) is 10.6 Å². The summed E-state index contributed by atoms with van der Waals surface area (Å²) in [6, 6.07) is 2.04. The monoisotopic (exact) mass is 208 g/mol. The molecule has 0 aliphatic heterocycles. The lowest BCUT2D eigenvalue weighted by Crippen LogP contribution is -2.27. The summed E-state index contributed by atoms with van der Waals surface area (Å²) in [6.07, 6.45) is 6.50. The molecule has 15 heavy (non-hydrogen) atoms. The smallest absolute Gasteiger partial charge is 0.156 e. The van der Waals surface area contributed by atoms with Gasteiger partial charge in [-0.3, -0.25) is 0 Å². The minimum atomic E-state index is -0.417. The number of hydrogen-bond donors (Lipinski definition) is 1. The maximum atomic E-state index is 5.97. The van der Waals surface area contributed by atoms with Gasteiger partial charge in [0, 0.05) is 12.0 Å². The van der Waals surface area contributed by atoms with Gasteiger partial charge in [0.05, 0.1) is 11.2 Å². The van der Waals surface area contributed by atoms with E-state index < -0.39 is 5.54 Å². The van der Waals surface area contributed by atoms with Crippen molar-refractivity contribution in [2.45, 2.75) is 57.4 Å². The number of aromatic nitrogens is 1. The van der Waals surface area contributed by atoms with Crippen molar-refractivity contribution in [3.8, 4) is 0 Å². The third kappa shape index (κ3) is 2.40. The fourth-order valence-corrected chi connectivity index (χ4v) is 2.18. The summed E-state index contributed by atoms with van der Waals surface area (Å²) in [5, 5.41) is 4.15. The van der Waals surface area contributed by atoms with E-state index in [1.54, 1.807) is 0 Å². The number of hydrogen-bond acceptors (Lipinski definition) is 3. The van der Waals surface area contributed by atoms with E-state index in [0.29, 0.717) is 5.92 Å². The van der Waals surface area contributed by atoms with E-state index in [-0.39, 0.29) is 0 Å². The maximum Gasteiger partial charge on any atom is 0.156 e. The van der Waals surface area contributed by atoms with Crippen molar-refractivity contribution in [1.82, 2.24) is 5.16 Å². The second-order valence-electron chi connectivity index (χ2n) is 5.17. The molecule has 0 unspecified atom stereocenters. The molecule has 0 atom stereocenters. The summed E-state index contributed by atoms with van der Waals surface area (Å²) >= 11 is 0. The zero-order valence-electron chi connectivity index (χ0n) is 9.62. The van der Waals surface area contributed by atoms with Crippen LogP contribution in [0.4, 0.5) is 0 Å². The largest absolute Gasteiger partial charge is 0.359 e. The molecule has 1 saturated carbocycles. The van der Waals surface area contributed by atoms with Crippen molar-refractivity contribution >= 4 is 0 Å². The Hall–Kier alpha value is -0.830. The predicted octanol–water partition coefficient (Wildman–Crippen LogP) is 2.92. The van der Waals surface area contributed by atoms with Crippen LogP contribution in [0.1, 0.15) is 63.3 Å². The predicted molar refractivity (Wildman–Crippen MR) is 59.5 cm³/mol. The van der Waals surface area contributed by atoms with E-state index in [0.717, 1.165) is 11.5 Å². The van der Waals surface area contributed by atoms with Crippen molar-refractivity contribution in [3.63, 3.8) is 0 Å². The van der Waals surface area contributed by atoms with Crippen LogP contribution >= 0.6 is 0 Å². The molecule has 1 aliphatic rings. The second-order valence-corrected chi connectivity index (χ2v) is 5.17. The molecule has 0 saturated heterocycles. The van der Waals surface area contributed by atoms with Crippen LogP contribution in [0.3, 0.4) is 0 Å². The van der Waals surface area contributed by atoms with Crippen molar-refractivity contribution in [1.29, 1.82) is 0 Å². The molecule has 84 valence electrons. The Kier molecular flexibility index (Phi) is 2.83. The normalized spacial score (nSPS) is 19.4. The van der Waals surface area contributed by atoms with Crippen molar-refractivity contribution < 1.29 is 4.52 Å². The molecule has 0 bridgehead atoms. The zero-order valence-corrected chi connectivity index (χ0v) is 9.62. The highest BCUT2D eigenvalue weighted by Crippen LogP contribution is 2.33. The highest BCUT2D eigenvalue weighted by Gasteiger charge is 2.24. The van der Waals surface area contributed by atoms with Crippen LogP contribution in [0.5, 0.6) is 0 Å². The lowest BCUT2D eigenvalue weighted by atomic mass is 9.86. The standard InChI is InChI=1S/C12H20N2O/c1-12(2,13)11-8-10(14-15-11)9-6-4-3-5-7-9/h8-9H,3-7,13H2,1-2H3. The van der Waals surface area contributed by atoms with Gasteiger partial charge in [-0.15, -0.1) is 0 Å². The van der Waals surface area contributed by atoms with Gasteiger partial charge in [0.15, 0.2) is 5.76 Å². The Morgan fingerprint density at radius 2 is 2.00 bits per heavy atom. The highest BCUT2D eigenvalue weighted by atomic mass is 16.5. The molecule has 0 spiro atoms. The third-order valence-corrected chi connectivity index (χ3v) is 3.19. The van der Waals surface area contributed by atoms with E-state index in [4.69, 9.17) is 10.3 Å². The van der Waals surface area contributed by atoms with Crippen LogP contribution in [0.25, 0.3) is 0 Å². The van der Waals surface area contributed by atoms with Crippen LogP contribution in [-0.2, 0) is 5.54 Å². The first-order valence-electron chi connectivity index (χ1n) is 5.83. The van der Waals surface area contributed by atoms with Crippen molar-refractivity contribution in [2.75, 3.05) is 0 Å². The van der Waals surface area contributed by atoms with E-state index in [1.165, 1.54) is 32.1 Å². The summed E-state index contributed by atoms with van der Waals surface area (Å²) in [4.78, 5) is 0. The molecule has 0 radical (unpaired) electrons. The van der Waals surface area contributed by atoms with Crippen LogP contribution in [0.2, 0.25) is 0 Å². The molecular formula is C12H20N2O. The summed E-state index contributed by atoms with van der Waals surface area (Å²) in [6.45, 7) is 3.89. The molecule has 0 aromatic carbocycles. The summed E-state index contributed by atoms with van der Waals surface area (Å²) in [5.74, 6) is 1.39. The van der Waals surface area contributed by atoms with Gasteiger partial charge in [0.1, 0.15) is 0 Å². The van der Waals surface area contributed by atoms with E-state index in [9.17, 15) is 0 Å². The minimum absolute atomic E-state index is 0.417. The van der Waals surface area contributed by atoms with Gasteiger partial charge in [0.2, 0.25) is 0 Å². The number of nitrogens with two attached hydrogens (primary N) is 1. The molecule has 3 nitrogen and oxygen atoms in total. The van der Waals surface area contributed by atoms with E-state index in [1.807, 2.05) is 19.9 Å². The lowest BCUT2D eigenvalue weighted by Gasteiger charge is -2.18. The molecule has 2 N–H and O–H groups in total. The summed E-state index contributed by atoms with van der Waals surface area (Å²) < 4.78 is 5.31. The maximum absolute atomic E-state index is 5.97. The Bertz CT molecular complexity index is 319. The summed E-state index contributed by atoms with van der Waals surface area (Å²) in [5.41, 5.74) is 6.65. The Morgan fingerprint density at radius 1 is 1.33 bits per heavy atom. The van der Waals surface area contributed by atoms with Crippen LogP contribution in [0, 0.1) is 0 Å². The quantitative estimate of drug-likeness (QED) is 0.813. The van der Waals surface area contributed by atoms with Gasteiger partial charge in [-0.2, -0.15) is 0 Å². The lowest BCUT2D eigenvalue weighted by molar-refractivity contribution is 0.311. The van der Waals surface area contributed by atoms with E-state index >= 15 is 0 Å². The van der Waals surface area contributed by atoms with Gasteiger partial charge >= 0.3 is 0 Å². The molecule has 1 aromatic rings. The van der Waals surface area contributed by atoms with Crippen LogP contribution in [-0.4, -0.2) is 5.16 Å². The topological polar surface area (TPSA) is 52.0 Å². The fraction of sp³-hybridized carbons (Fsp3) is 0.750. The molecule has 2 rings (SSSR count). The minimum Gasteiger partial charge on any atom is -0.359 e. The Labute approximate surface area is 91.0 Å². The first kappa shape index (κ1) is 10.7. The van der Waals surface area contributed by atoms with Gasteiger partial charge in [-0.1, -0.05) is 24.4 Å². The van der Waals surface area contributed by atoms with Gasteiger partial charge in [0.25, 0.3) is 0 Å². The first-order chi connectivity index (χ1) is 7.07. The number of rotatable bonds is 2. The SMILES string of the molecule is CC(C)(N)c1cc(C2CCCCC2)no1. The fourth-order valence-electron chi connectivity index (χ4n) is 2.18. The highest BCUT2D eigenvalue weighted by molar-refractivity contribution is 5.16. The average molecular weight is 208 g/mol. The van der Waals surface area contributed by atoms with E-state index in [2.05, 4.69) is 5.16 Å². The average Bonchev–Trinajstić information content (AvgIpc) is 2.67. The molecule has 1 heterocycles. The molecule has 0 amide bonds. The van der Waals surface area contributed by atoms with Crippen LogP contribution < -0.4 is 5.73 Å². The number of nitrogens with zero attached hydrogens (tertiary/aromatic N) is 1. The van der Waals surface area contributed by atoms with Gasteiger partial charge in [-0.05, 0) is 26.7 Å². The molecule has 3 heteroatoms. The Balaban J connectivity index is 2.12.